The van der Waals surface area contributed by atoms with Gasteiger partial charge < -0.3 is 10.0 Å². The lowest BCUT2D eigenvalue weighted by molar-refractivity contribution is -0.142. The molecule has 3 heteroatoms. The maximum atomic E-state index is 11.4. The van der Waals surface area contributed by atoms with E-state index in [4.69, 9.17) is 0 Å². The van der Waals surface area contributed by atoms with Gasteiger partial charge in [-0.2, -0.15) is 0 Å². The molecule has 0 aromatic carbocycles. The maximum Gasteiger partial charge on any atom is 0.225 e. The van der Waals surface area contributed by atoms with E-state index in [9.17, 15) is 9.90 Å². The Morgan fingerprint density at radius 2 is 2.25 bits per heavy atom. The lowest BCUT2D eigenvalue weighted by Crippen LogP contribution is -2.50. The summed E-state index contributed by atoms with van der Waals surface area (Å²) in [6.45, 7) is 0.913. The molecule has 2 aliphatic rings. The van der Waals surface area contributed by atoms with Crippen LogP contribution in [0.5, 0.6) is 0 Å². The van der Waals surface area contributed by atoms with Crippen LogP contribution >= 0.6 is 0 Å². The van der Waals surface area contributed by atoms with Crippen LogP contribution in [-0.2, 0) is 4.79 Å². The van der Waals surface area contributed by atoms with Crippen molar-refractivity contribution in [2.24, 2.45) is 0 Å². The summed E-state index contributed by atoms with van der Waals surface area (Å²) in [5.74, 6) is 0.151. The molecule has 0 unspecified atom stereocenters. The zero-order valence-electron chi connectivity index (χ0n) is 7.20. The molecule has 0 aromatic rings. The van der Waals surface area contributed by atoms with Gasteiger partial charge in [-0.15, -0.1) is 0 Å². The van der Waals surface area contributed by atoms with Crippen LogP contribution in [0.15, 0.2) is 0 Å². The van der Waals surface area contributed by atoms with Crippen LogP contribution in [0.4, 0.5) is 0 Å². The first-order valence-electron chi connectivity index (χ1n) is 4.75. The number of fused-ring (bicyclic) bond motifs is 1. The highest BCUT2D eigenvalue weighted by Gasteiger charge is 2.33. The summed E-state index contributed by atoms with van der Waals surface area (Å²) in [7, 11) is 0. The lowest BCUT2D eigenvalue weighted by Gasteiger charge is -2.40. The molecular weight excluding hydrogens is 154 g/mol. The van der Waals surface area contributed by atoms with Gasteiger partial charge in [0.15, 0.2) is 0 Å². The van der Waals surface area contributed by atoms with Crippen molar-refractivity contribution in [2.75, 3.05) is 6.54 Å². The quantitative estimate of drug-likeness (QED) is 0.574. The van der Waals surface area contributed by atoms with Crippen LogP contribution in [0, 0.1) is 0 Å². The molecule has 0 spiro atoms. The van der Waals surface area contributed by atoms with Crippen molar-refractivity contribution in [1.29, 1.82) is 0 Å². The molecule has 3 nitrogen and oxygen atoms in total. The van der Waals surface area contributed by atoms with Gasteiger partial charge in [0, 0.05) is 12.6 Å². The number of hydrogen-bond donors (Lipinski definition) is 1. The predicted octanol–water partition coefficient (Wildman–Crippen LogP) is 0.522. The molecule has 0 saturated carbocycles. The van der Waals surface area contributed by atoms with Crippen molar-refractivity contribution in [1.82, 2.24) is 4.90 Å². The smallest absolute Gasteiger partial charge is 0.225 e. The molecule has 2 rings (SSSR count). The average molecular weight is 169 g/mol. The summed E-state index contributed by atoms with van der Waals surface area (Å²) in [4.78, 5) is 13.4. The predicted molar refractivity (Wildman–Crippen MR) is 44.6 cm³/mol. The Morgan fingerprint density at radius 1 is 1.42 bits per heavy atom. The standard InChI is InChI=1S/C9H15NO2/c11-8-5-7-3-1-2-4-10(7)9(12)6-8/h7-8,11H,1-6H2/t7-,8+/m1/s1. The first-order valence-corrected chi connectivity index (χ1v) is 4.75. The summed E-state index contributed by atoms with van der Waals surface area (Å²) >= 11 is 0. The van der Waals surface area contributed by atoms with Gasteiger partial charge in [0.1, 0.15) is 0 Å². The van der Waals surface area contributed by atoms with E-state index in [-0.39, 0.29) is 12.0 Å². The minimum absolute atomic E-state index is 0.151. The second-order valence-corrected chi connectivity index (χ2v) is 3.83. The third kappa shape index (κ3) is 1.33. The van der Waals surface area contributed by atoms with Gasteiger partial charge in [-0.25, -0.2) is 0 Å². The van der Waals surface area contributed by atoms with E-state index >= 15 is 0 Å². The van der Waals surface area contributed by atoms with Gasteiger partial charge in [0.2, 0.25) is 5.91 Å². The minimum Gasteiger partial charge on any atom is -0.393 e. The van der Waals surface area contributed by atoms with Crippen molar-refractivity contribution < 1.29 is 9.90 Å². The molecule has 1 N–H and O–H groups in total. The number of aliphatic hydroxyl groups is 1. The number of rotatable bonds is 0. The monoisotopic (exact) mass is 169 g/mol. The third-order valence-corrected chi connectivity index (χ3v) is 2.90. The van der Waals surface area contributed by atoms with E-state index in [1.165, 1.54) is 6.42 Å². The SMILES string of the molecule is O=C1C[C@@H](O)C[C@H]2CCCCN12. The first kappa shape index (κ1) is 8.05. The number of nitrogens with zero attached hydrogens (tertiary/aromatic N) is 1. The first-order chi connectivity index (χ1) is 5.77. The Morgan fingerprint density at radius 3 is 3.08 bits per heavy atom. The van der Waals surface area contributed by atoms with Crippen molar-refractivity contribution in [3.8, 4) is 0 Å². The molecule has 2 atom stereocenters. The fourth-order valence-corrected chi connectivity index (χ4v) is 2.29. The van der Waals surface area contributed by atoms with E-state index in [1.54, 1.807) is 0 Å². The highest BCUT2D eigenvalue weighted by atomic mass is 16.3. The molecule has 68 valence electrons. The van der Waals surface area contributed by atoms with Crippen molar-refractivity contribution in [3.63, 3.8) is 0 Å². The number of hydrogen-bond acceptors (Lipinski definition) is 2. The lowest BCUT2D eigenvalue weighted by atomic mass is 9.91. The number of amides is 1. The van der Waals surface area contributed by atoms with Crippen molar-refractivity contribution >= 4 is 5.91 Å². The molecule has 12 heavy (non-hydrogen) atoms. The Labute approximate surface area is 72.4 Å². The van der Waals surface area contributed by atoms with Crippen LogP contribution < -0.4 is 0 Å². The van der Waals surface area contributed by atoms with Crippen molar-refractivity contribution in [3.05, 3.63) is 0 Å². The molecule has 2 heterocycles. The van der Waals surface area contributed by atoms with Gasteiger partial charge in [0.25, 0.3) is 0 Å². The summed E-state index contributed by atoms with van der Waals surface area (Å²) in [6, 6.07) is 0.343. The second kappa shape index (κ2) is 3.05. The Balaban J connectivity index is 2.06. The fourth-order valence-electron chi connectivity index (χ4n) is 2.29. The zero-order valence-corrected chi connectivity index (χ0v) is 7.20. The molecule has 2 fully saturated rings. The fraction of sp³-hybridized carbons (Fsp3) is 0.889. The topological polar surface area (TPSA) is 40.5 Å². The van der Waals surface area contributed by atoms with E-state index in [1.807, 2.05) is 4.90 Å². The molecule has 0 aliphatic carbocycles. The Bertz CT molecular complexity index is 193. The summed E-state index contributed by atoms with van der Waals surface area (Å²) in [5, 5.41) is 9.37. The van der Waals surface area contributed by atoms with Crippen LogP contribution in [0.3, 0.4) is 0 Å². The Hall–Kier alpha value is -0.570. The summed E-state index contributed by atoms with van der Waals surface area (Å²) < 4.78 is 0. The number of carbonyl (C=O) groups excluding carboxylic acids is 1. The Kier molecular flexibility index (Phi) is 2.05. The van der Waals surface area contributed by atoms with Crippen LogP contribution in [-0.4, -0.2) is 34.6 Å². The number of aliphatic hydroxyl groups excluding tert-OH is 1. The molecule has 0 bridgehead atoms. The zero-order chi connectivity index (χ0) is 8.55. The number of piperidine rings is 2. The third-order valence-electron chi connectivity index (χ3n) is 2.90. The second-order valence-electron chi connectivity index (χ2n) is 3.83. The summed E-state index contributed by atoms with van der Waals surface area (Å²) in [6.07, 6.45) is 4.20. The molecular formula is C9H15NO2. The molecule has 0 aromatic heterocycles. The normalized spacial score (nSPS) is 36.4. The van der Waals surface area contributed by atoms with Gasteiger partial charge in [0.05, 0.1) is 12.5 Å². The van der Waals surface area contributed by atoms with Crippen molar-refractivity contribution in [2.45, 2.75) is 44.2 Å². The molecule has 2 aliphatic heterocycles. The molecule has 2 saturated heterocycles. The van der Waals surface area contributed by atoms with Crippen LogP contribution in [0.2, 0.25) is 0 Å². The highest BCUT2D eigenvalue weighted by Crippen LogP contribution is 2.26. The van der Waals surface area contributed by atoms with Gasteiger partial charge in [-0.05, 0) is 25.7 Å². The van der Waals surface area contributed by atoms with Gasteiger partial charge >= 0.3 is 0 Å². The average Bonchev–Trinajstić information content (AvgIpc) is 2.04. The number of carbonyl (C=O) groups is 1. The highest BCUT2D eigenvalue weighted by molar-refractivity contribution is 5.78. The maximum absolute atomic E-state index is 11.4. The van der Waals surface area contributed by atoms with E-state index in [2.05, 4.69) is 0 Å². The van der Waals surface area contributed by atoms with E-state index in [0.717, 1.165) is 25.8 Å². The van der Waals surface area contributed by atoms with E-state index in [0.29, 0.717) is 12.5 Å². The van der Waals surface area contributed by atoms with Gasteiger partial charge in [-0.1, -0.05) is 0 Å². The molecule has 1 amide bonds. The summed E-state index contributed by atoms with van der Waals surface area (Å²) in [5.41, 5.74) is 0. The largest absolute Gasteiger partial charge is 0.393 e. The van der Waals surface area contributed by atoms with Crippen LogP contribution in [0.25, 0.3) is 0 Å². The van der Waals surface area contributed by atoms with E-state index < -0.39 is 0 Å². The minimum atomic E-state index is -0.378. The van der Waals surface area contributed by atoms with Gasteiger partial charge in [-0.3, -0.25) is 4.79 Å². The molecule has 0 radical (unpaired) electrons. The van der Waals surface area contributed by atoms with Crippen LogP contribution in [0.1, 0.15) is 32.1 Å².